The predicted octanol–water partition coefficient (Wildman–Crippen LogP) is 3.75. The van der Waals surface area contributed by atoms with Crippen LogP contribution < -0.4 is 0 Å². The molecule has 1 saturated carbocycles. The molecule has 1 aliphatic rings. The van der Waals surface area contributed by atoms with Crippen molar-refractivity contribution in [2.75, 3.05) is 0 Å². The fourth-order valence-electron chi connectivity index (χ4n) is 2.45. The number of rotatable bonds is 6. The van der Waals surface area contributed by atoms with Crippen LogP contribution in [0.1, 0.15) is 25.3 Å². The maximum atomic E-state index is 12.8. The summed E-state index contributed by atoms with van der Waals surface area (Å²) in [6.07, 6.45) is 5.82. The largest absolute Gasteiger partial charge is 0.334 e. The van der Waals surface area contributed by atoms with Crippen LogP contribution in [0.4, 0.5) is 0 Å². The van der Waals surface area contributed by atoms with Gasteiger partial charge in [0.25, 0.3) is 0 Å². The van der Waals surface area contributed by atoms with Gasteiger partial charge in [-0.3, -0.25) is 9.78 Å². The zero-order chi connectivity index (χ0) is 15.4. The lowest BCUT2D eigenvalue weighted by Gasteiger charge is -2.25. The molecule has 4 heteroatoms. The molecule has 1 aliphatic carbocycles. The number of carbonyl (C=O) groups excluding carboxylic acids is 1. The lowest BCUT2D eigenvalue weighted by molar-refractivity contribution is -0.131. The van der Waals surface area contributed by atoms with Crippen LogP contribution in [0.15, 0.2) is 59.8 Å². The average Bonchev–Trinajstić information content (AvgIpc) is 3.39. The Morgan fingerprint density at radius 2 is 1.91 bits per heavy atom. The first-order valence-corrected chi connectivity index (χ1v) is 8.53. The number of carbonyl (C=O) groups is 1. The fourth-order valence-corrected chi connectivity index (χ4v) is 3.40. The van der Waals surface area contributed by atoms with Crippen molar-refractivity contribution in [1.82, 2.24) is 9.88 Å². The van der Waals surface area contributed by atoms with Crippen LogP contribution >= 0.6 is 11.8 Å². The van der Waals surface area contributed by atoms with E-state index in [1.165, 1.54) is 0 Å². The van der Waals surface area contributed by atoms with E-state index >= 15 is 0 Å². The lowest BCUT2D eigenvalue weighted by atomic mass is 10.2. The zero-order valence-corrected chi connectivity index (χ0v) is 13.5. The van der Waals surface area contributed by atoms with E-state index in [0.717, 1.165) is 23.3 Å². The fraction of sp³-hybridized carbons (Fsp3) is 0.333. The van der Waals surface area contributed by atoms with Gasteiger partial charge in [0.2, 0.25) is 5.91 Å². The molecular formula is C18H20N2OS. The molecule has 0 bridgehead atoms. The molecule has 1 unspecified atom stereocenters. The summed E-state index contributed by atoms with van der Waals surface area (Å²) in [4.78, 5) is 20.0. The van der Waals surface area contributed by atoms with E-state index < -0.39 is 0 Å². The standard InChI is InChI=1S/C18H20N2OS/c1-14(22-17-5-3-2-4-6-17)18(21)20(16-7-8-16)13-15-9-11-19-12-10-15/h2-6,9-12,14,16H,7-8,13H2,1H3. The minimum Gasteiger partial charge on any atom is -0.334 e. The Morgan fingerprint density at radius 3 is 2.55 bits per heavy atom. The monoisotopic (exact) mass is 312 g/mol. The minimum absolute atomic E-state index is 0.0650. The highest BCUT2D eigenvalue weighted by Gasteiger charge is 2.34. The maximum absolute atomic E-state index is 12.8. The Bertz CT molecular complexity index is 613. The summed E-state index contributed by atoms with van der Waals surface area (Å²) >= 11 is 1.63. The van der Waals surface area contributed by atoms with Crippen molar-refractivity contribution in [2.45, 2.75) is 42.5 Å². The number of hydrogen-bond acceptors (Lipinski definition) is 3. The van der Waals surface area contributed by atoms with Crippen LogP contribution in [0.3, 0.4) is 0 Å². The molecule has 1 atom stereocenters. The van der Waals surface area contributed by atoms with Gasteiger partial charge in [0.05, 0.1) is 5.25 Å². The quantitative estimate of drug-likeness (QED) is 0.762. The normalized spacial score (nSPS) is 15.3. The summed E-state index contributed by atoms with van der Waals surface area (Å²) in [5.74, 6) is 0.230. The summed E-state index contributed by atoms with van der Waals surface area (Å²) in [6.45, 7) is 2.69. The highest BCUT2D eigenvalue weighted by Crippen LogP contribution is 2.32. The maximum Gasteiger partial charge on any atom is 0.236 e. The Kier molecular flexibility index (Phi) is 4.78. The summed E-state index contributed by atoms with van der Waals surface area (Å²) in [7, 11) is 0. The van der Waals surface area contributed by atoms with E-state index in [1.54, 1.807) is 24.2 Å². The number of aromatic nitrogens is 1. The van der Waals surface area contributed by atoms with Gasteiger partial charge >= 0.3 is 0 Å². The Balaban J connectivity index is 1.67. The van der Waals surface area contributed by atoms with E-state index in [4.69, 9.17) is 0 Å². The molecule has 114 valence electrons. The Labute approximate surface area is 135 Å². The lowest BCUT2D eigenvalue weighted by Crippen LogP contribution is -2.37. The second-order valence-electron chi connectivity index (χ2n) is 5.63. The summed E-state index contributed by atoms with van der Waals surface area (Å²) < 4.78 is 0. The topological polar surface area (TPSA) is 33.2 Å². The molecule has 0 aliphatic heterocycles. The van der Waals surface area contributed by atoms with Crippen LogP contribution in [-0.2, 0) is 11.3 Å². The van der Waals surface area contributed by atoms with Gasteiger partial charge in [-0.2, -0.15) is 0 Å². The van der Waals surface area contributed by atoms with Gasteiger partial charge in [-0.25, -0.2) is 0 Å². The van der Waals surface area contributed by atoms with Crippen molar-refractivity contribution in [1.29, 1.82) is 0 Å². The first kappa shape index (κ1) is 15.1. The van der Waals surface area contributed by atoms with Gasteiger partial charge in [-0.1, -0.05) is 18.2 Å². The average molecular weight is 312 g/mol. The SMILES string of the molecule is CC(Sc1ccccc1)C(=O)N(Cc1ccncc1)C1CC1. The summed E-state index contributed by atoms with van der Waals surface area (Å²) in [6, 6.07) is 14.5. The summed E-state index contributed by atoms with van der Waals surface area (Å²) in [5.41, 5.74) is 1.15. The molecule has 1 aromatic carbocycles. The van der Waals surface area contributed by atoms with Gasteiger partial charge in [-0.05, 0) is 49.6 Å². The van der Waals surface area contributed by atoms with Crippen molar-refractivity contribution < 1.29 is 4.79 Å². The third-order valence-electron chi connectivity index (χ3n) is 3.78. The molecule has 2 aromatic rings. The van der Waals surface area contributed by atoms with Crippen molar-refractivity contribution in [3.63, 3.8) is 0 Å². The van der Waals surface area contributed by atoms with Gasteiger partial charge < -0.3 is 4.90 Å². The smallest absolute Gasteiger partial charge is 0.236 e. The molecular weight excluding hydrogens is 292 g/mol. The third-order valence-corrected chi connectivity index (χ3v) is 4.88. The highest BCUT2D eigenvalue weighted by molar-refractivity contribution is 8.00. The molecule has 1 fully saturated rings. The van der Waals surface area contributed by atoms with Crippen molar-refractivity contribution in [3.05, 3.63) is 60.4 Å². The second-order valence-corrected chi connectivity index (χ2v) is 7.04. The van der Waals surface area contributed by atoms with E-state index in [-0.39, 0.29) is 11.2 Å². The molecule has 3 nitrogen and oxygen atoms in total. The summed E-state index contributed by atoms with van der Waals surface area (Å²) in [5, 5.41) is -0.0650. The van der Waals surface area contributed by atoms with Crippen LogP contribution in [0, 0.1) is 0 Å². The van der Waals surface area contributed by atoms with Crippen molar-refractivity contribution in [2.24, 2.45) is 0 Å². The first-order valence-electron chi connectivity index (χ1n) is 7.65. The molecule has 22 heavy (non-hydrogen) atoms. The minimum atomic E-state index is -0.0650. The van der Waals surface area contributed by atoms with E-state index in [0.29, 0.717) is 12.6 Å². The first-order chi connectivity index (χ1) is 10.7. The number of benzene rings is 1. The third kappa shape index (κ3) is 3.89. The van der Waals surface area contributed by atoms with Crippen LogP contribution in [0.25, 0.3) is 0 Å². The molecule has 0 N–H and O–H groups in total. The predicted molar refractivity (Wildman–Crippen MR) is 89.6 cm³/mol. The van der Waals surface area contributed by atoms with Gasteiger partial charge in [0, 0.05) is 29.9 Å². The van der Waals surface area contributed by atoms with E-state index in [2.05, 4.69) is 17.1 Å². The molecule has 1 aromatic heterocycles. The second kappa shape index (κ2) is 6.97. The van der Waals surface area contributed by atoms with Crippen LogP contribution in [0.2, 0.25) is 0 Å². The van der Waals surface area contributed by atoms with Gasteiger partial charge in [-0.15, -0.1) is 11.8 Å². The molecule has 1 amide bonds. The van der Waals surface area contributed by atoms with Crippen molar-refractivity contribution in [3.8, 4) is 0 Å². The van der Waals surface area contributed by atoms with Crippen LogP contribution in [0.5, 0.6) is 0 Å². The molecule has 3 rings (SSSR count). The van der Waals surface area contributed by atoms with Gasteiger partial charge in [0.15, 0.2) is 0 Å². The zero-order valence-electron chi connectivity index (χ0n) is 12.7. The molecule has 0 spiro atoms. The number of hydrogen-bond donors (Lipinski definition) is 0. The number of nitrogens with zero attached hydrogens (tertiary/aromatic N) is 2. The van der Waals surface area contributed by atoms with Crippen LogP contribution in [-0.4, -0.2) is 27.1 Å². The molecule has 0 radical (unpaired) electrons. The number of amides is 1. The number of thioether (sulfide) groups is 1. The van der Waals surface area contributed by atoms with Gasteiger partial charge in [0.1, 0.15) is 0 Å². The Morgan fingerprint density at radius 1 is 1.23 bits per heavy atom. The Hall–Kier alpha value is -1.81. The molecule has 1 heterocycles. The highest BCUT2D eigenvalue weighted by atomic mass is 32.2. The number of pyridine rings is 1. The molecule has 0 saturated heterocycles. The van der Waals surface area contributed by atoms with E-state index in [1.807, 2.05) is 42.2 Å². The van der Waals surface area contributed by atoms with E-state index in [9.17, 15) is 4.79 Å². The van der Waals surface area contributed by atoms with Crippen molar-refractivity contribution >= 4 is 17.7 Å².